The normalized spacial score (nSPS) is 20.1. The Balaban J connectivity index is 2.37. The second-order valence-electron chi connectivity index (χ2n) is 4.30. The molecule has 0 unspecified atom stereocenters. The van der Waals surface area contributed by atoms with Crippen molar-refractivity contribution in [1.82, 2.24) is 0 Å². The van der Waals surface area contributed by atoms with Crippen LogP contribution in [-0.2, 0) is 10.2 Å². The lowest BCUT2D eigenvalue weighted by atomic mass is 9.70. The van der Waals surface area contributed by atoms with E-state index in [9.17, 15) is 4.79 Å². The molecule has 1 aromatic heterocycles. The fraction of sp³-hybridized carbons (Fsp3) is 0.583. The third kappa shape index (κ3) is 1.89. The largest absolute Gasteiger partial charge is 0.453 e. The summed E-state index contributed by atoms with van der Waals surface area (Å²) in [6.07, 6.45) is 5.34. The van der Waals surface area contributed by atoms with Crippen molar-refractivity contribution in [2.75, 3.05) is 0 Å². The van der Waals surface area contributed by atoms with Crippen LogP contribution in [0, 0.1) is 0 Å². The number of furan rings is 1. The number of carbonyl (C=O) groups is 1. The summed E-state index contributed by atoms with van der Waals surface area (Å²) in [5.74, 6) is 1.07. The van der Waals surface area contributed by atoms with Gasteiger partial charge >= 0.3 is 0 Å². The number of rotatable bonds is 2. The van der Waals surface area contributed by atoms with Crippen LogP contribution >= 0.6 is 15.9 Å². The first kappa shape index (κ1) is 10.9. The Labute approximate surface area is 98.2 Å². The summed E-state index contributed by atoms with van der Waals surface area (Å²) in [5, 5.41) is 0. The molecule has 0 amide bonds. The Bertz CT molecular complexity index is 361. The lowest BCUT2D eigenvalue weighted by Gasteiger charge is -2.32. The van der Waals surface area contributed by atoms with E-state index in [2.05, 4.69) is 15.9 Å². The van der Waals surface area contributed by atoms with Gasteiger partial charge in [0.15, 0.2) is 4.67 Å². The summed E-state index contributed by atoms with van der Waals surface area (Å²) >= 11 is 3.29. The molecule has 0 aromatic carbocycles. The smallest absolute Gasteiger partial charge is 0.169 e. The van der Waals surface area contributed by atoms with Crippen molar-refractivity contribution in [3.8, 4) is 0 Å². The fourth-order valence-corrected chi connectivity index (χ4v) is 2.81. The molecule has 1 fully saturated rings. The van der Waals surface area contributed by atoms with E-state index in [-0.39, 0.29) is 11.2 Å². The maximum Gasteiger partial charge on any atom is 0.169 e. The van der Waals surface area contributed by atoms with Gasteiger partial charge in [0, 0.05) is 0 Å². The zero-order valence-electron chi connectivity index (χ0n) is 8.88. The number of hydrogen-bond donors (Lipinski definition) is 0. The molecule has 2 nitrogen and oxygen atoms in total. The predicted octanol–water partition coefficient (Wildman–Crippen LogP) is 3.83. The molecule has 1 heterocycles. The Morgan fingerprint density at radius 2 is 2.00 bits per heavy atom. The van der Waals surface area contributed by atoms with Crippen LogP contribution in [0.1, 0.15) is 44.8 Å². The minimum Gasteiger partial charge on any atom is -0.453 e. The van der Waals surface area contributed by atoms with Crippen LogP contribution in [0.25, 0.3) is 0 Å². The standard InChI is InChI=1S/C12H15BrO2/c1-9(14)12(7-3-2-4-8-12)10-5-6-11(13)15-10/h5-6H,2-4,7-8H2,1H3. The average molecular weight is 271 g/mol. The SMILES string of the molecule is CC(=O)C1(c2ccc(Br)o2)CCCCC1. The Kier molecular flexibility index (Phi) is 3.01. The van der Waals surface area contributed by atoms with Gasteiger partial charge in [0.2, 0.25) is 0 Å². The van der Waals surface area contributed by atoms with Crippen LogP contribution in [0.2, 0.25) is 0 Å². The van der Waals surface area contributed by atoms with Crippen LogP contribution in [0.15, 0.2) is 21.2 Å². The van der Waals surface area contributed by atoms with Crippen molar-refractivity contribution in [2.24, 2.45) is 0 Å². The number of halogens is 1. The van der Waals surface area contributed by atoms with Gasteiger partial charge in [-0.15, -0.1) is 0 Å². The minimum absolute atomic E-state index is 0.240. The maximum absolute atomic E-state index is 11.9. The first-order chi connectivity index (χ1) is 7.15. The van der Waals surface area contributed by atoms with Gasteiger partial charge in [-0.3, -0.25) is 4.79 Å². The van der Waals surface area contributed by atoms with Crippen molar-refractivity contribution in [1.29, 1.82) is 0 Å². The summed E-state index contributed by atoms with van der Waals surface area (Å²) in [6.45, 7) is 1.68. The number of carbonyl (C=O) groups excluding carboxylic acids is 1. The van der Waals surface area contributed by atoms with Crippen LogP contribution in [0.5, 0.6) is 0 Å². The van der Waals surface area contributed by atoms with Crippen molar-refractivity contribution in [3.63, 3.8) is 0 Å². The molecule has 0 saturated heterocycles. The number of hydrogen-bond acceptors (Lipinski definition) is 2. The summed E-state index contributed by atoms with van der Waals surface area (Å²) in [7, 11) is 0. The highest BCUT2D eigenvalue weighted by Crippen LogP contribution is 2.41. The van der Waals surface area contributed by atoms with Gasteiger partial charge in [-0.25, -0.2) is 0 Å². The highest BCUT2D eigenvalue weighted by molar-refractivity contribution is 9.10. The van der Waals surface area contributed by atoms with Gasteiger partial charge in [0.05, 0.1) is 5.41 Å². The van der Waals surface area contributed by atoms with E-state index in [1.54, 1.807) is 6.92 Å². The second kappa shape index (κ2) is 4.12. The van der Waals surface area contributed by atoms with E-state index >= 15 is 0 Å². The Hall–Kier alpha value is -0.570. The van der Waals surface area contributed by atoms with E-state index in [0.29, 0.717) is 4.67 Å². The quantitative estimate of drug-likeness (QED) is 0.818. The van der Waals surface area contributed by atoms with Gasteiger partial charge in [-0.2, -0.15) is 0 Å². The summed E-state index contributed by atoms with van der Waals surface area (Å²) in [5.41, 5.74) is -0.343. The molecular weight excluding hydrogens is 256 g/mol. The molecule has 1 saturated carbocycles. The highest BCUT2D eigenvalue weighted by Gasteiger charge is 2.41. The molecule has 0 atom stereocenters. The first-order valence-corrected chi connectivity index (χ1v) is 6.21. The second-order valence-corrected chi connectivity index (χ2v) is 5.08. The molecule has 15 heavy (non-hydrogen) atoms. The topological polar surface area (TPSA) is 30.2 Å². The molecule has 0 bridgehead atoms. The number of Topliss-reactive ketones (excluding diaryl/α,β-unsaturated/α-hetero) is 1. The molecule has 82 valence electrons. The average Bonchev–Trinajstić information content (AvgIpc) is 2.66. The summed E-state index contributed by atoms with van der Waals surface area (Å²) in [6, 6.07) is 3.80. The van der Waals surface area contributed by atoms with Crippen molar-refractivity contribution < 1.29 is 9.21 Å². The van der Waals surface area contributed by atoms with Crippen molar-refractivity contribution >= 4 is 21.7 Å². The zero-order valence-corrected chi connectivity index (χ0v) is 10.5. The van der Waals surface area contributed by atoms with Crippen molar-refractivity contribution in [2.45, 2.75) is 44.4 Å². The van der Waals surface area contributed by atoms with Crippen LogP contribution in [0.3, 0.4) is 0 Å². The Morgan fingerprint density at radius 3 is 2.47 bits per heavy atom. The van der Waals surface area contributed by atoms with Gasteiger partial charge in [-0.1, -0.05) is 19.3 Å². The van der Waals surface area contributed by atoms with Crippen LogP contribution in [-0.4, -0.2) is 5.78 Å². The molecule has 1 aromatic rings. The predicted molar refractivity (Wildman–Crippen MR) is 61.9 cm³/mol. The number of ketones is 1. The molecule has 1 aliphatic rings. The van der Waals surface area contributed by atoms with Crippen LogP contribution in [0.4, 0.5) is 0 Å². The van der Waals surface area contributed by atoms with E-state index < -0.39 is 0 Å². The van der Waals surface area contributed by atoms with Crippen LogP contribution < -0.4 is 0 Å². The first-order valence-electron chi connectivity index (χ1n) is 5.42. The monoisotopic (exact) mass is 270 g/mol. The molecule has 0 N–H and O–H groups in total. The van der Waals surface area contributed by atoms with Crippen molar-refractivity contribution in [3.05, 3.63) is 22.6 Å². The van der Waals surface area contributed by atoms with Gasteiger partial charge in [0.1, 0.15) is 11.5 Å². The van der Waals surface area contributed by atoms with Gasteiger partial charge in [0.25, 0.3) is 0 Å². The molecule has 0 radical (unpaired) electrons. The third-order valence-corrected chi connectivity index (χ3v) is 3.85. The molecular formula is C12H15BrO2. The molecule has 2 rings (SSSR count). The molecule has 0 spiro atoms. The van der Waals surface area contributed by atoms with E-state index in [1.165, 1.54) is 6.42 Å². The summed E-state index contributed by atoms with van der Waals surface area (Å²) < 4.78 is 6.30. The lowest BCUT2D eigenvalue weighted by molar-refractivity contribution is -0.124. The molecule has 3 heteroatoms. The van der Waals surface area contributed by atoms with E-state index in [4.69, 9.17) is 4.42 Å². The zero-order chi connectivity index (χ0) is 10.9. The van der Waals surface area contributed by atoms with Gasteiger partial charge < -0.3 is 4.42 Å². The molecule has 1 aliphatic carbocycles. The van der Waals surface area contributed by atoms with E-state index in [1.807, 2.05) is 12.1 Å². The maximum atomic E-state index is 11.9. The summed E-state index contributed by atoms with van der Waals surface area (Å²) in [4.78, 5) is 11.9. The van der Waals surface area contributed by atoms with Gasteiger partial charge in [-0.05, 0) is 47.8 Å². The fourth-order valence-electron chi connectivity index (χ4n) is 2.50. The Morgan fingerprint density at radius 1 is 1.33 bits per heavy atom. The third-order valence-electron chi connectivity index (χ3n) is 3.43. The molecule has 0 aliphatic heterocycles. The highest BCUT2D eigenvalue weighted by atomic mass is 79.9. The minimum atomic E-state index is -0.343. The lowest BCUT2D eigenvalue weighted by Crippen LogP contribution is -2.35. The van der Waals surface area contributed by atoms with E-state index in [0.717, 1.165) is 31.4 Å².